The molecule has 0 heterocycles. The second-order valence-electron chi connectivity index (χ2n) is 8.30. The molecule has 0 bridgehead atoms. The number of carboxylic acids is 2. The van der Waals surface area contributed by atoms with Crippen LogP contribution in [0.1, 0.15) is 52.9 Å². The molecule has 5 atom stereocenters. The van der Waals surface area contributed by atoms with Crippen LogP contribution < -0.4 is 27.4 Å². The molecular formula is C20H37N5O8. The van der Waals surface area contributed by atoms with Crippen molar-refractivity contribution in [1.82, 2.24) is 16.0 Å². The number of nitrogens with one attached hydrogen (secondary N) is 3. The van der Waals surface area contributed by atoms with Gasteiger partial charge in [0.15, 0.2) is 0 Å². The summed E-state index contributed by atoms with van der Waals surface area (Å²) in [7, 11) is 0. The third-order valence-corrected chi connectivity index (χ3v) is 4.74. The molecule has 0 saturated carbocycles. The summed E-state index contributed by atoms with van der Waals surface area (Å²) in [6, 6.07) is -5.19. The standard InChI is InChI=1S/C20H37N5O8/c1-10(2)8-13(24-19(31)16(22)11(3)26)18(30)23-12(6-4-5-7-21)17(29)25-14(20(32)33)9-15(27)28/h10-14,16,26H,4-9,21-22H2,1-3H3,(H,23,30)(H,24,31)(H,25,29)(H,27,28)(H,32,33). The molecule has 0 aliphatic carbocycles. The highest BCUT2D eigenvalue weighted by molar-refractivity contribution is 5.94. The van der Waals surface area contributed by atoms with Crippen molar-refractivity contribution >= 4 is 29.7 Å². The minimum atomic E-state index is -1.68. The van der Waals surface area contributed by atoms with Gasteiger partial charge < -0.3 is 42.7 Å². The predicted octanol–water partition coefficient (Wildman–Crippen LogP) is -2.12. The lowest BCUT2D eigenvalue weighted by molar-refractivity contribution is -0.147. The van der Waals surface area contributed by atoms with Gasteiger partial charge in [-0.15, -0.1) is 0 Å². The third kappa shape index (κ3) is 12.2. The van der Waals surface area contributed by atoms with Crippen LogP contribution >= 0.6 is 0 Å². The highest BCUT2D eigenvalue weighted by atomic mass is 16.4. The fourth-order valence-corrected chi connectivity index (χ4v) is 2.87. The van der Waals surface area contributed by atoms with Gasteiger partial charge in [-0.3, -0.25) is 19.2 Å². The molecule has 0 aliphatic rings. The zero-order valence-corrected chi connectivity index (χ0v) is 19.2. The van der Waals surface area contributed by atoms with Gasteiger partial charge in [-0.25, -0.2) is 4.79 Å². The fraction of sp³-hybridized carbons (Fsp3) is 0.750. The summed E-state index contributed by atoms with van der Waals surface area (Å²) >= 11 is 0. The van der Waals surface area contributed by atoms with Crippen LogP contribution in [0.5, 0.6) is 0 Å². The number of hydrogen-bond acceptors (Lipinski definition) is 8. The van der Waals surface area contributed by atoms with E-state index in [0.29, 0.717) is 19.4 Å². The van der Waals surface area contributed by atoms with Crippen LogP contribution in [0.4, 0.5) is 0 Å². The van der Waals surface area contributed by atoms with Gasteiger partial charge in [0.2, 0.25) is 17.7 Å². The van der Waals surface area contributed by atoms with Gasteiger partial charge in [0.25, 0.3) is 0 Å². The number of aliphatic hydroxyl groups excluding tert-OH is 1. The van der Waals surface area contributed by atoms with E-state index in [2.05, 4.69) is 16.0 Å². The molecule has 33 heavy (non-hydrogen) atoms. The number of carbonyl (C=O) groups is 5. The van der Waals surface area contributed by atoms with Gasteiger partial charge in [-0.2, -0.15) is 0 Å². The van der Waals surface area contributed by atoms with E-state index >= 15 is 0 Å². The van der Waals surface area contributed by atoms with Gasteiger partial charge in [0.1, 0.15) is 24.2 Å². The smallest absolute Gasteiger partial charge is 0.326 e. The molecule has 13 heteroatoms. The highest BCUT2D eigenvalue weighted by Crippen LogP contribution is 2.09. The predicted molar refractivity (Wildman–Crippen MR) is 118 cm³/mol. The second kappa shape index (κ2) is 15.1. The maximum atomic E-state index is 12.9. The monoisotopic (exact) mass is 475 g/mol. The first-order chi connectivity index (χ1) is 15.3. The Morgan fingerprint density at radius 3 is 1.79 bits per heavy atom. The Morgan fingerprint density at radius 1 is 0.818 bits per heavy atom. The van der Waals surface area contributed by atoms with Gasteiger partial charge in [-0.1, -0.05) is 13.8 Å². The Hall–Kier alpha value is -2.77. The van der Waals surface area contributed by atoms with Crippen LogP contribution in [0.15, 0.2) is 0 Å². The number of rotatable bonds is 16. The largest absolute Gasteiger partial charge is 0.481 e. The summed E-state index contributed by atoms with van der Waals surface area (Å²) in [6.45, 7) is 5.30. The summed E-state index contributed by atoms with van der Waals surface area (Å²) in [5.74, 6) is -5.30. The van der Waals surface area contributed by atoms with Crippen molar-refractivity contribution in [3.8, 4) is 0 Å². The fourth-order valence-electron chi connectivity index (χ4n) is 2.87. The van der Waals surface area contributed by atoms with Crippen molar-refractivity contribution < 1.29 is 39.3 Å². The number of nitrogens with two attached hydrogens (primary N) is 2. The van der Waals surface area contributed by atoms with Gasteiger partial charge in [-0.05, 0) is 45.1 Å². The van der Waals surface area contributed by atoms with E-state index in [9.17, 15) is 34.2 Å². The van der Waals surface area contributed by atoms with E-state index in [0.717, 1.165) is 0 Å². The first-order valence-corrected chi connectivity index (χ1v) is 10.8. The van der Waals surface area contributed by atoms with Crippen LogP contribution in [0, 0.1) is 5.92 Å². The van der Waals surface area contributed by atoms with Crippen LogP contribution in [0.25, 0.3) is 0 Å². The van der Waals surface area contributed by atoms with Crippen molar-refractivity contribution in [2.75, 3.05) is 6.54 Å². The molecule has 0 saturated heterocycles. The maximum Gasteiger partial charge on any atom is 0.326 e. The molecule has 0 rings (SSSR count). The molecule has 0 fully saturated rings. The van der Waals surface area contributed by atoms with Gasteiger partial charge >= 0.3 is 11.9 Å². The van der Waals surface area contributed by atoms with Gasteiger partial charge in [0, 0.05) is 0 Å². The minimum Gasteiger partial charge on any atom is -0.481 e. The molecule has 0 radical (unpaired) electrons. The average molecular weight is 476 g/mol. The van der Waals surface area contributed by atoms with Crippen LogP contribution in [0.2, 0.25) is 0 Å². The lowest BCUT2D eigenvalue weighted by atomic mass is 10.0. The Morgan fingerprint density at radius 2 is 1.33 bits per heavy atom. The lowest BCUT2D eigenvalue weighted by Crippen LogP contribution is -2.58. The number of unbranched alkanes of at least 4 members (excludes halogenated alkanes) is 1. The topological polar surface area (TPSA) is 234 Å². The first kappa shape index (κ1) is 30.2. The molecule has 0 aromatic heterocycles. The summed E-state index contributed by atoms with van der Waals surface area (Å²) in [4.78, 5) is 60.0. The van der Waals surface area contributed by atoms with Crippen molar-refractivity contribution in [2.45, 2.75) is 83.1 Å². The van der Waals surface area contributed by atoms with E-state index < -0.39 is 66.4 Å². The van der Waals surface area contributed by atoms with Crippen LogP contribution in [-0.2, 0) is 24.0 Å². The van der Waals surface area contributed by atoms with E-state index in [1.165, 1.54) is 6.92 Å². The van der Waals surface area contributed by atoms with Crippen molar-refractivity contribution in [3.63, 3.8) is 0 Å². The Bertz CT molecular complexity index is 685. The molecule has 0 aromatic carbocycles. The Labute approximate surface area is 192 Å². The Balaban J connectivity index is 5.54. The van der Waals surface area contributed by atoms with E-state index in [-0.39, 0.29) is 18.8 Å². The molecule has 0 aliphatic heterocycles. The minimum absolute atomic E-state index is 0.0275. The maximum absolute atomic E-state index is 12.9. The number of hydrogen-bond donors (Lipinski definition) is 8. The lowest BCUT2D eigenvalue weighted by Gasteiger charge is -2.26. The van der Waals surface area contributed by atoms with E-state index in [1.807, 2.05) is 13.8 Å². The summed E-state index contributed by atoms with van der Waals surface area (Å²) in [5, 5.41) is 34.6. The number of amides is 3. The van der Waals surface area contributed by atoms with E-state index in [4.69, 9.17) is 16.6 Å². The van der Waals surface area contributed by atoms with E-state index in [1.54, 1.807) is 0 Å². The number of aliphatic hydroxyl groups is 1. The van der Waals surface area contributed by atoms with Crippen molar-refractivity contribution in [3.05, 3.63) is 0 Å². The average Bonchev–Trinajstić information content (AvgIpc) is 2.70. The third-order valence-electron chi connectivity index (χ3n) is 4.74. The summed E-state index contributed by atoms with van der Waals surface area (Å²) in [5.41, 5.74) is 11.1. The summed E-state index contributed by atoms with van der Waals surface area (Å²) in [6.07, 6.45) is -0.702. The first-order valence-electron chi connectivity index (χ1n) is 10.8. The Kier molecular flexibility index (Phi) is 13.9. The van der Waals surface area contributed by atoms with Crippen molar-refractivity contribution in [2.24, 2.45) is 17.4 Å². The molecule has 0 aromatic rings. The van der Waals surface area contributed by atoms with Crippen molar-refractivity contribution in [1.29, 1.82) is 0 Å². The molecule has 5 unspecified atom stereocenters. The SMILES string of the molecule is CC(C)CC(NC(=O)C(N)C(C)O)C(=O)NC(CCCCN)C(=O)NC(CC(=O)O)C(=O)O. The van der Waals surface area contributed by atoms with Gasteiger partial charge in [0.05, 0.1) is 12.5 Å². The number of carbonyl (C=O) groups excluding carboxylic acids is 3. The molecular weight excluding hydrogens is 438 g/mol. The molecule has 3 amide bonds. The zero-order chi connectivity index (χ0) is 25.7. The normalized spacial score (nSPS) is 15.6. The molecule has 190 valence electrons. The van der Waals surface area contributed by atoms with Crippen LogP contribution in [-0.4, -0.2) is 81.8 Å². The summed E-state index contributed by atoms with van der Waals surface area (Å²) < 4.78 is 0. The molecule has 13 nitrogen and oxygen atoms in total. The second-order valence-corrected chi connectivity index (χ2v) is 8.30. The number of carboxylic acid groups (broad SMARTS) is 2. The molecule has 10 N–H and O–H groups in total. The zero-order valence-electron chi connectivity index (χ0n) is 19.2. The highest BCUT2D eigenvalue weighted by Gasteiger charge is 2.31. The molecule has 0 spiro atoms. The van der Waals surface area contributed by atoms with Crippen LogP contribution in [0.3, 0.4) is 0 Å². The quantitative estimate of drug-likeness (QED) is 0.113. The number of aliphatic carboxylic acids is 2.